The van der Waals surface area contributed by atoms with E-state index in [1.165, 1.54) is 23.2 Å². The minimum Gasteiger partial charge on any atom is -0.479 e. The van der Waals surface area contributed by atoms with Crippen LogP contribution in [0.15, 0.2) is 17.5 Å². The van der Waals surface area contributed by atoms with Crippen LogP contribution >= 0.6 is 11.3 Å². The predicted molar refractivity (Wildman–Crippen MR) is 79.4 cm³/mol. The standard InChI is InChI=1S/C14H18N2O5S/c1-9(17)15-10(12-3-2-6-22-12)7-13(18)16-4-5-21-11(8-16)14(19)20/h2-3,6,10-11H,4-5,7-8H2,1H3,(H,15,17)(H,19,20). The molecule has 0 aliphatic carbocycles. The van der Waals surface area contributed by atoms with E-state index >= 15 is 0 Å². The number of carboxylic acids is 1. The van der Waals surface area contributed by atoms with Crippen LogP contribution in [0.25, 0.3) is 0 Å². The van der Waals surface area contributed by atoms with Crippen molar-refractivity contribution in [3.63, 3.8) is 0 Å². The third-order valence-corrected chi connectivity index (χ3v) is 4.32. The molecular weight excluding hydrogens is 308 g/mol. The lowest BCUT2D eigenvalue weighted by Gasteiger charge is -2.32. The zero-order valence-electron chi connectivity index (χ0n) is 12.2. The fraction of sp³-hybridized carbons (Fsp3) is 0.500. The van der Waals surface area contributed by atoms with Crippen molar-refractivity contribution in [3.8, 4) is 0 Å². The van der Waals surface area contributed by atoms with Gasteiger partial charge in [0, 0.05) is 18.3 Å². The van der Waals surface area contributed by atoms with Crippen LogP contribution in [-0.4, -0.2) is 53.6 Å². The van der Waals surface area contributed by atoms with Crippen molar-refractivity contribution in [3.05, 3.63) is 22.4 Å². The third kappa shape index (κ3) is 4.28. The van der Waals surface area contributed by atoms with E-state index < -0.39 is 18.1 Å². The summed E-state index contributed by atoms with van der Waals surface area (Å²) in [7, 11) is 0. The number of ether oxygens (including phenoxy) is 1. The Labute approximate surface area is 131 Å². The molecule has 7 nitrogen and oxygen atoms in total. The van der Waals surface area contributed by atoms with Crippen LogP contribution in [0.5, 0.6) is 0 Å². The van der Waals surface area contributed by atoms with Crippen LogP contribution in [-0.2, 0) is 19.1 Å². The summed E-state index contributed by atoms with van der Waals surface area (Å²) in [6, 6.07) is 3.32. The summed E-state index contributed by atoms with van der Waals surface area (Å²) in [5.74, 6) is -1.48. The van der Waals surface area contributed by atoms with Gasteiger partial charge in [0.1, 0.15) is 0 Å². The second-order valence-electron chi connectivity index (χ2n) is 5.01. The zero-order chi connectivity index (χ0) is 16.1. The molecule has 0 saturated carbocycles. The summed E-state index contributed by atoms with van der Waals surface area (Å²) in [5, 5.41) is 13.6. The number of carbonyl (C=O) groups is 3. The molecule has 2 rings (SSSR count). The third-order valence-electron chi connectivity index (χ3n) is 3.34. The number of carbonyl (C=O) groups excluding carboxylic acids is 2. The normalized spacial score (nSPS) is 19.5. The highest BCUT2D eigenvalue weighted by atomic mass is 32.1. The first-order valence-electron chi connectivity index (χ1n) is 6.90. The molecule has 2 amide bonds. The summed E-state index contributed by atoms with van der Waals surface area (Å²) in [4.78, 5) is 37.0. The number of carboxylic acid groups (broad SMARTS) is 1. The average molecular weight is 326 g/mol. The lowest BCUT2D eigenvalue weighted by molar-refractivity contribution is -0.159. The molecule has 0 spiro atoms. The smallest absolute Gasteiger partial charge is 0.334 e. The minimum absolute atomic E-state index is 0.0331. The number of amides is 2. The Hall–Kier alpha value is -1.93. The summed E-state index contributed by atoms with van der Waals surface area (Å²) in [5.41, 5.74) is 0. The maximum absolute atomic E-state index is 12.4. The predicted octanol–water partition coefficient (Wildman–Crippen LogP) is 0.627. The van der Waals surface area contributed by atoms with Gasteiger partial charge in [-0.2, -0.15) is 0 Å². The van der Waals surface area contributed by atoms with E-state index in [-0.39, 0.29) is 31.4 Å². The van der Waals surface area contributed by atoms with Gasteiger partial charge in [0.15, 0.2) is 6.10 Å². The topological polar surface area (TPSA) is 95.9 Å². The van der Waals surface area contributed by atoms with Gasteiger partial charge in [0.2, 0.25) is 11.8 Å². The molecule has 0 bridgehead atoms. The van der Waals surface area contributed by atoms with Gasteiger partial charge >= 0.3 is 5.97 Å². The SMILES string of the molecule is CC(=O)NC(CC(=O)N1CCOC(C(=O)O)C1)c1cccs1. The van der Waals surface area contributed by atoms with Crippen molar-refractivity contribution in [1.29, 1.82) is 0 Å². The second-order valence-corrected chi connectivity index (χ2v) is 5.99. The Balaban J connectivity index is 2.01. The number of hydrogen-bond donors (Lipinski definition) is 2. The maximum Gasteiger partial charge on any atom is 0.334 e. The number of nitrogens with one attached hydrogen (secondary N) is 1. The van der Waals surface area contributed by atoms with Gasteiger partial charge in [0.25, 0.3) is 0 Å². The number of thiophene rings is 1. The molecule has 2 unspecified atom stereocenters. The number of hydrogen-bond acceptors (Lipinski definition) is 5. The molecule has 22 heavy (non-hydrogen) atoms. The summed E-state index contributed by atoms with van der Waals surface area (Å²) >= 11 is 1.46. The van der Waals surface area contributed by atoms with Gasteiger partial charge in [0.05, 0.1) is 25.6 Å². The lowest BCUT2D eigenvalue weighted by Crippen LogP contribution is -2.49. The molecule has 0 aromatic carbocycles. The van der Waals surface area contributed by atoms with Gasteiger partial charge in [-0.25, -0.2) is 4.79 Å². The van der Waals surface area contributed by atoms with Crippen molar-refractivity contribution in [2.45, 2.75) is 25.5 Å². The minimum atomic E-state index is -1.07. The van der Waals surface area contributed by atoms with E-state index in [0.717, 1.165) is 4.88 Å². The second kappa shape index (κ2) is 7.37. The highest BCUT2D eigenvalue weighted by Gasteiger charge is 2.30. The summed E-state index contributed by atoms with van der Waals surface area (Å²) < 4.78 is 5.10. The molecule has 1 aromatic heterocycles. The first-order chi connectivity index (χ1) is 10.5. The Morgan fingerprint density at radius 3 is 2.91 bits per heavy atom. The van der Waals surface area contributed by atoms with Gasteiger partial charge in [-0.3, -0.25) is 9.59 Å². The zero-order valence-corrected chi connectivity index (χ0v) is 13.0. The number of rotatable bonds is 5. The average Bonchev–Trinajstić information content (AvgIpc) is 3.00. The Bertz CT molecular complexity index is 545. The van der Waals surface area contributed by atoms with Crippen molar-refractivity contribution in [2.24, 2.45) is 0 Å². The molecule has 1 saturated heterocycles. The van der Waals surface area contributed by atoms with E-state index in [9.17, 15) is 14.4 Å². The van der Waals surface area contributed by atoms with Crippen LogP contribution in [0.4, 0.5) is 0 Å². The molecule has 1 fully saturated rings. The Morgan fingerprint density at radius 1 is 1.55 bits per heavy atom. The molecule has 1 aliphatic rings. The molecule has 120 valence electrons. The monoisotopic (exact) mass is 326 g/mol. The van der Waals surface area contributed by atoms with E-state index in [1.54, 1.807) is 0 Å². The fourth-order valence-electron chi connectivity index (χ4n) is 2.29. The van der Waals surface area contributed by atoms with Gasteiger partial charge in [-0.05, 0) is 11.4 Å². The van der Waals surface area contributed by atoms with Crippen molar-refractivity contribution >= 4 is 29.1 Å². The van der Waals surface area contributed by atoms with Gasteiger partial charge in [-0.15, -0.1) is 11.3 Å². The van der Waals surface area contributed by atoms with Crippen molar-refractivity contribution < 1.29 is 24.2 Å². The molecule has 2 N–H and O–H groups in total. The van der Waals surface area contributed by atoms with Crippen molar-refractivity contribution in [2.75, 3.05) is 19.7 Å². The molecule has 8 heteroatoms. The number of morpholine rings is 1. The van der Waals surface area contributed by atoms with Crippen molar-refractivity contribution in [1.82, 2.24) is 10.2 Å². The molecule has 1 aliphatic heterocycles. The number of aliphatic carboxylic acids is 1. The van der Waals surface area contributed by atoms with E-state index in [4.69, 9.17) is 9.84 Å². The number of nitrogens with zero attached hydrogens (tertiary/aromatic N) is 1. The summed E-state index contributed by atoms with van der Waals surface area (Å²) in [6.07, 6.45) is -0.884. The molecule has 2 atom stereocenters. The molecule has 2 heterocycles. The van der Waals surface area contributed by atoms with Crippen LogP contribution in [0, 0.1) is 0 Å². The Kier molecular flexibility index (Phi) is 5.51. The first-order valence-corrected chi connectivity index (χ1v) is 7.78. The molecule has 0 radical (unpaired) electrons. The molecular formula is C14H18N2O5S. The highest BCUT2D eigenvalue weighted by Crippen LogP contribution is 2.23. The van der Waals surface area contributed by atoms with Gasteiger partial charge in [-0.1, -0.05) is 6.07 Å². The van der Waals surface area contributed by atoms with Crippen LogP contribution in [0.3, 0.4) is 0 Å². The summed E-state index contributed by atoms with van der Waals surface area (Å²) in [6.45, 7) is 2.00. The van der Waals surface area contributed by atoms with Gasteiger partial charge < -0.3 is 20.1 Å². The maximum atomic E-state index is 12.4. The quantitative estimate of drug-likeness (QED) is 0.827. The lowest BCUT2D eigenvalue weighted by atomic mass is 10.1. The first kappa shape index (κ1) is 16.4. The largest absolute Gasteiger partial charge is 0.479 e. The molecule has 1 aromatic rings. The Morgan fingerprint density at radius 2 is 2.32 bits per heavy atom. The van der Waals surface area contributed by atoms with Crippen LogP contribution in [0.1, 0.15) is 24.3 Å². The van der Waals surface area contributed by atoms with E-state index in [1.807, 2.05) is 17.5 Å². The highest BCUT2D eigenvalue weighted by molar-refractivity contribution is 7.10. The van der Waals surface area contributed by atoms with E-state index in [2.05, 4.69) is 5.32 Å². The van der Waals surface area contributed by atoms with Crippen LogP contribution < -0.4 is 5.32 Å². The van der Waals surface area contributed by atoms with E-state index in [0.29, 0.717) is 6.54 Å². The van der Waals surface area contributed by atoms with Crippen LogP contribution in [0.2, 0.25) is 0 Å². The fourth-order valence-corrected chi connectivity index (χ4v) is 3.06.